The first-order chi connectivity index (χ1) is 8.53. The van der Waals surface area contributed by atoms with E-state index in [0.29, 0.717) is 18.1 Å². The largest absolute Gasteiger partial charge is 0.508 e. The Hall–Kier alpha value is -1.88. The fourth-order valence-corrected chi connectivity index (χ4v) is 1.49. The number of methoxy groups -OCH3 is 1. The highest BCUT2D eigenvalue weighted by Crippen LogP contribution is 2.23. The molecular weight excluding hydrogens is 232 g/mol. The van der Waals surface area contributed by atoms with Gasteiger partial charge in [0, 0.05) is 12.7 Å². The van der Waals surface area contributed by atoms with Crippen molar-refractivity contribution in [3.63, 3.8) is 0 Å². The van der Waals surface area contributed by atoms with Gasteiger partial charge in [0.1, 0.15) is 11.4 Å². The Bertz CT molecular complexity index is 535. The van der Waals surface area contributed by atoms with E-state index >= 15 is 0 Å². The quantitative estimate of drug-likeness (QED) is 0.898. The summed E-state index contributed by atoms with van der Waals surface area (Å²) >= 11 is 0. The molecule has 0 saturated carbocycles. The molecule has 0 saturated heterocycles. The maximum Gasteiger partial charge on any atom is 0.231 e. The van der Waals surface area contributed by atoms with Gasteiger partial charge in [-0.15, -0.1) is 0 Å². The number of hydrogen-bond acceptors (Lipinski definition) is 5. The predicted octanol–water partition coefficient (Wildman–Crippen LogP) is 2.25. The van der Waals surface area contributed by atoms with Crippen LogP contribution in [0.5, 0.6) is 5.75 Å². The van der Waals surface area contributed by atoms with Gasteiger partial charge in [-0.3, -0.25) is 0 Å². The smallest absolute Gasteiger partial charge is 0.231 e. The van der Waals surface area contributed by atoms with E-state index in [-0.39, 0.29) is 5.75 Å². The Morgan fingerprint density at radius 3 is 2.72 bits per heavy atom. The van der Waals surface area contributed by atoms with E-state index in [1.807, 2.05) is 26.0 Å². The summed E-state index contributed by atoms with van der Waals surface area (Å²) in [6.07, 6.45) is 0.402. The molecule has 0 bridgehead atoms. The maximum atomic E-state index is 9.67. The van der Waals surface area contributed by atoms with Crippen molar-refractivity contribution in [3.8, 4) is 5.75 Å². The molecule has 1 N–H and O–H groups in total. The summed E-state index contributed by atoms with van der Waals surface area (Å²) in [5.41, 5.74) is 0.170. The summed E-state index contributed by atoms with van der Waals surface area (Å²) in [6.45, 7) is 3.73. The van der Waals surface area contributed by atoms with Crippen molar-refractivity contribution in [3.05, 3.63) is 41.5 Å². The van der Waals surface area contributed by atoms with Crippen LogP contribution >= 0.6 is 0 Å². The number of para-hydroxylation sites is 1. The molecule has 0 unspecified atom stereocenters. The molecule has 0 fully saturated rings. The highest BCUT2D eigenvalue weighted by Gasteiger charge is 2.26. The van der Waals surface area contributed by atoms with Crippen molar-refractivity contribution >= 4 is 0 Å². The molecule has 0 aliphatic carbocycles. The van der Waals surface area contributed by atoms with Gasteiger partial charge in [0.25, 0.3) is 0 Å². The monoisotopic (exact) mass is 248 g/mol. The van der Waals surface area contributed by atoms with E-state index in [0.717, 1.165) is 5.56 Å². The standard InChI is InChI=1S/C13H16N2O3/c1-13(2,17-3)12-14-11(18-15-12)8-9-6-4-5-7-10(9)16/h4-7,16H,8H2,1-3H3. The number of phenols is 1. The van der Waals surface area contributed by atoms with Gasteiger partial charge in [-0.05, 0) is 19.9 Å². The Morgan fingerprint density at radius 1 is 1.33 bits per heavy atom. The molecule has 0 aliphatic rings. The first kappa shape index (κ1) is 12.6. The Kier molecular flexibility index (Phi) is 3.34. The van der Waals surface area contributed by atoms with Crippen LogP contribution in [0, 0.1) is 0 Å². The van der Waals surface area contributed by atoms with E-state index in [1.165, 1.54) is 0 Å². The van der Waals surface area contributed by atoms with Gasteiger partial charge in [0.05, 0.1) is 6.42 Å². The fraction of sp³-hybridized carbons (Fsp3) is 0.385. The molecule has 1 aromatic carbocycles. The van der Waals surface area contributed by atoms with Crippen LogP contribution in [0.25, 0.3) is 0 Å². The minimum atomic E-state index is -0.583. The number of hydrogen-bond donors (Lipinski definition) is 1. The molecule has 2 rings (SSSR count). The van der Waals surface area contributed by atoms with Gasteiger partial charge in [-0.1, -0.05) is 23.4 Å². The lowest BCUT2D eigenvalue weighted by Crippen LogP contribution is -2.21. The average molecular weight is 248 g/mol. The molecule has 0 atom stereocenters. The van der Waals surface area contributed by atoms with Crippen LogP contribution in [0.1, 0.15) is 31.1 Å². The van der Waals surface area contributed by atoms with Crippen molar-refractivity contribution in [2.24, 2.45) is 0 Å². The number of nitrogens with zero attached hydrogens (tertiary/aromatic N) is 2. The summed E-state index contributed by atoms with van der Waals surface area (Å²) in [5, 5.41) is 13.6. The van der Waals surface area contributed by atoms with Gasteiger partial charge in [-0.25, -0.2) is 0 Å². The average Bonchev–Trinajstić information content (AvgIpc) is 2.81. The zero-order chi connectivity index (χ0) is 13.2. The molecular formula is C13H16N2O3. The van der Waals surface area contributed by atoms with E-state index < -0.39 is 5.60 Å². The summed E-state index contributed by atoms with van der Waals surface area (Å²) < 4.78 is 10.4. The minimum absolute atomic E-state index is 0.225. The molecule has 0 aliphatic heterocycles. The Balaban J connectivity index is 2.20. The highest BCUT2D eigenvalue weighted by molar-refractivity contribution is 5.33. The summed E-state index contributed by atoms with van der Waals surface area (Å²) in [7, 11) is 1.60. The molecule has 96 valence electrons. The third-order valence-electron chi connectivity index (χ3n) is 2.85. The summed E-state index contributed by atoms with van der Waals surface area (Å²) in [4.78, 5) is 4.28. The first-order valence-corrected chi connectivity index (χ1v) is 5.68. The third kappa shape index (κ3) is 2.51. The van der Waals surface area contributed by atoms with Crippen LogP contribution in [0.4, 0.5) is 0 Å². The van der Waals surface area contributed by atoms with Gasteiger partial charge < -0.3 is 14.4 Å². The number of aromatic hydroxyl groups is 1. The second-order valence-electron chi connectivity index (χ2n) is 4.53. The predicted molar refractivity (Wildman–Crippen MR) is 65.2 cm³/mol. The van der Waals surface area contributed by atoms with Gasteiger partial charge in [-0.2, -0.15) is 4.98 Å². The van der Waals surface area contributed by atoms with Crippen LogP contribution < -0.4 is 0 Å². The maximum absolute atomic E-state index is 9.67. The van der Waals surface area contributed by atoms with E-state index in [1.54, 1.807) is 19.2 Å². The summed E-state index contributed by atoms with van der Waals surface area (Å²) in [6, 6.07) is 7.07. The van der Waals surface area contributed by atoms with Crippen molar-refractivity contribution in [1.82, 2.24) is 10.1 Å². The van der Waals surface area contributed by atoms with Crippen LogP contribution in [0.15, 0.2) is 28.8 Å². The number of benzene rings is 1. The first-order valence-electron chi connectivity index (χ1n) is 5.68. The molecule has 1 aromatic heterocycles. The second kappa shape index (κ2) is 4.78. The van der Waals surface area contributed by atoms with Crippen molar-refractivity contribution in [1.29, 1.82) is 0 Å². The minimum Gasteiger partial charge on any atom is -0.508 e. The Morgan fingerprint density at radius 2 is 2.06 bits per heavy atom. The fourth-order valence-electron chi connectivity index (χ4n) is 1.49. The lowest BCUT2D eigenvalue weighted by atomic mass is 10.1. The van der Waals surface area contributed by atoms with Gasteiger partial charge >= 0.3 is 0 Å². The molecule has 0 spiro atoms. The number of phenolic OH excluding ortho intramolecular Hbond substituents is 1. The van der Waals surface area contributed by atoms with Crippen LogP contribution in [0.3, 0.4) is 0 Å². The van der Waals surface area contributed by atoms with Crippen LogP contribution in [-0.4, -0.2) is 22.4 Å². The third-order valence-corrected chi connectivity index (χ3v) is 2.85. The van der Waals surface area contributed by atoms with E-state index in [2.05, 4.69) is 10.1 Å². The topological polar surface area (TPSA) is 68.4 Å². The summed E-state index contributed by atoms with van der Waals surface area (Å²) in [5.74, 6) is 1.18. The number of rotatable bonds is 4. The molecule has 0 amide bonds. The van der Waals surface area contributed by atoms with Crippen LogP contribution in [-0.2, 0) is 16.8 Å². The molecule has 1 heterocycles. The van der Waals surface area contributed by atoms with Crippen molar-refractivity contribution in [2.45, 2.75) is 25.9 Å². The lowest BCUT2D eigenvalue weighted by molar-refractivity contribution is 0.00973. The van der Waals surface area contributed by atoms with Gasteiger partial charge in [0.15, 0.2) is 0 Å². The van der Waals surface area contributed by atoms with E-state index in [9.17, 15) is 5.11 Å². The van der Waals surface area contributed by atoms with E-state index in [4.69, 9.17) is 9.26 Å². The second-order valence-corrected chi connectivity index (χ2v) is 4.53. The zero-order valence-electron chi connectivity index (χ0n) is 10.7. The Labute approximate surface area is 105 Å². The molecule has 0 radical (unpaired) electrons. The number of aromatic nitrogens is 2. The molecule has 5 heteroatoms. The SMILES string of the molecule is COC(C)(C)c1noc(Cc2ccccc2O)n1. The molecule has 5 nitrogen and oxygen atoms in total. The van der Waals surface area contributed by atoms with Gasteiger partial charge in [0.2, 0.25) is 11.7 Å². The molecule has 18 heavy (non-hydrogen) atoms. The van der Waals surface area contributed by atoms with Crippen LogP contribution in [0.2, 0.25) is 0 Å². The zero-order valence-corrected chi connectivity index (χ0v) is 10.7. The molecule has 2 aromatic rings. The number of ether oxygens (including phenoxy) is 1. The lowest BCUT2D eigenvalue weighted by Gasteiger charge is -2.17. The normalized spacial score (nSPS) is 11.7. The van der Waals surface area contributed by atoms with Crippen molar-refractivity contribution < 1.29 is 14.4 Å². The van der Waals surface area contributed by atoms with Crippen molar-refractivity contribution in [2.75, 3.05) is 7.11 Å². The highest BCUT2D eigenvalue weighted by atomic mass is 16.5.